The summed E-state index contributed by atoms with van der Waals surface area (Å²) in [6.07, 6.45) is -0.457. The van der Waals surface area contributed by atoms with Crippen LogP contribution in [0.4, 0.5) is 13.6 Å². The Hall–Kier alpha value is -6.41. The highest BCUT2D eigenvalue weighted by Crippen LogP contribution is 2.41. The number of nitrogens with one attached hydrogen (secondary N) is 4. The fraction of sp³-hybridized carbons (Fsp3) is 0.521. The average molecular weight is 955 g/mol. The fourth-order valence-electron chi connectivity index (χ4n) is 7.22. The van der Waals surface area contributed by atoms with Crippen molar-refractivity contribution in [2.45, 2.75) is 130 Å². The zero-order valence-electron chi connectivity index (χ0n) is 40.4. The number of carbonyl (C=O) groups excluding carboxylic acids is 7. The molecule has 374 valence electrons. The number of nitrogens with two attached hydrogens (primary N) is 2. The number of ether oxygens (including phenoxy) is 2. The van der Waals surface area contributed by atoms with Crippen molar-refractivity contribution in [3.05, 3.63) is 83.7 Å². The molecule has 20 heteroatoms. The van der Waals surface area contributed by atoms with Crippen LogP contribution in [0.5, 0.6) is 0 Å². The molecule has 3 aromatic rings. The summed E-state index contributed by atoms with van der Waals surface area (Å²) in [7, 11) is 0. The molecule has 0 radical (unpaired) electrons. The van der Waals surface area contributed by atoms with Crippen molar-refractivity contribution in [1.82, 2.24) is 30.7 Å². The Morgan fingerprint density at radius 1 is 0.779 bits per heavy atom. The van der Waals surface area contributed by atoms with E-state index in [0.29, 0.717) is 11.3 Å². The number of nitrogens with zero attached hydrogens (tertiary/aromatic N) is 2. The van der Waals surface area contributed by atoms with Gasteiger partial charge in [0.1, 0.15) is 41.5 Å². The Morgan fingerprint density at radius 2 is 1.37 bits per heavy atom. The Balaban J connectivity index is 1.94. The van der Waals surface area contributed by atoms with Gasteiger partial charge in [0.2, 0.25) is 29.5 Å². The number of amides is 6. The van der Waals surface area contributed by atoms with E-state index in [1.54, 1.807) is 58.4 Å². The lowest BCUT2D eigenvalue weighted by atomic mass is 9.82. The summed E-state index contributed by atoms with van der Waals surface area (Å²) in [5, 5.41) is 20.6. The van der Waals surface area contributed by atoms with Gasteiger partial charge in [-0.1, -0.05) is 51.1 Å². The number of halogens is 2. The predicted molar refractivity (Wildman–Crippen MR) is 249 cm³/mol. The quantitative estimate of drug-likeness (QED) is 0.0564. The molecule has 2 aromatic carbocycles. The number of hydrogen-bond acceptors (Lipinski definition) is 11. The molecule has 0 saturated heterocycles. The van der Waals surface area contributed by atoms with Gasteiger partial charge in [0, 0.05) is 55.6 Å². The molecule has 0 spiro atoms. The Morgan fingerprint density at radius 3 is 1.91 bits per heavy atom. The maximum Gasteiger partial charge on any atom is 0.408 e. The summed E-state index contributed by atoms with van der Waals surface area (Å²) < 4.78 is 42.2. The van der Waals surface area contributed by atoms with Crippen LogP contribution in [0.3, 0.4) is 0 Å². The van der Waals surface area contributed by atoms with Gasteiger partial charge in [0.15, 0.2) is 0 Å². The molecule has 0 fully saturated rings. The van der Waals surface area contributed by atoms with Crippen molar-refractivity contribution in [3.63, 3.8) is 0 Å². The smallest absolute Gasteiger partial charge is 0.408 e. The second-order valence-corrected chi connectivity index (χ2v) is 19.4. The third-order valence-electron chi connectivity index (χ3n) is 10.1. The minimum absolute atomic E-state index is 0.0238. The summed E-state index contributed by atoms with van der Waals surface area (Å²) in [4.78, 5) is 92.5. The molecular formula is C48H68F2N8O10. The zero-order valence-corrected chi connectivity index (χ0v) is 40.4. The van der Waals surface area contributed by atoms with Gasteiger partial charge in [-0.3, -0.25) is 28.8 Å². The number of aliphatic hydroxyl groups is 1. The van der Waals surface area contributed by atoms with E-state index in [0.717, 1.165) is 23.8 Å². The molecule has 0 aliphatic heterocycles. The van der Waals surface area contributed by atoms with Gasteiger partial charge in [-0.05, 0) is 89.6 Å². The lowest BCUT2D eigenvalue weighted by Crippen LogP contribution is -2.55. The van der Waals surface area contributed by atoms with Crippen molar-refractivity contribution in [2.75, 3.05) is 26.2 Å². The minimum Gasteiger partial charge on any atom is -0.460 e. The Bertz CT molecular complexity index is 2230. The highest BCUT2D eigenvalue weighted by atomic mass is 19.1. The second kappa shape index (κ2) is 24.6. The second-order valence-electron chi connectivity index (χ2n) is 19.4. The van der Waals surface area contributed by atoms with E-state index in [-0.39, 0.29) is 51.0 Å². The number of aliphatic hydroxyl groups excluding tert-OH is 1. The topological polar surface area (TPSA) is 267 Å². The zero-order chi connectivity index (χ0) is 51.1. The van der Waals surface area contributed by atoms with Gasteiger partial charge in [-0.15, -0.1) is 0 Å². The van der Waals surface area contributed by atoms with E-state index < -0.39 is 107 Å². The van der Waals surface area contributed by atoms with E-state index in [1.807, 2.05) is 51.1 Å². The molecule has 0 bridgehead atoms. The number of benzene rings is 2. The van der Waals surface area contributed by atoms with Crippen LogP contribution in [0.1, 0.15) is 105 Å². The van der Waals surface area contributed by atoms with E-state index in [4.69, 9.17) is 20.9 Å². The molecule has 1 aromatic heterocycles. The number of primary amides is 1. The number of hydrogen-bond donors (Lipinski definition) is 7. The van der Waals surface area contributed by atoms with Gasteiger partial charge < -0.3 is 56.8 Å². The molecule has 18 nitrogen and oxygen atoms in total. The van der Waals surface area contributed by atoms with Crippen molar-refractivity contribution in [3.8, 4) is 11.1 Å². The van der Waals surface area contributed by atoms with Crippen LogP contribution in [0, 0.1) is 17.0 Å². The summed E-state index contributed by atoms with van der Waals surface area (Å²) in [6, 6.07) is 9.00. The molecule has 1 heterocycles. The van der Waals surface area contributed by atoms with Crippen LogP contribution >= 0.6 is 0 Å². The van der Waals surface area contributed by atoms with E-state index in [2.05, 4.69) is 21.3 Å². The number of carbonyl (C=O) groups is 7. The fourth-order valence-corrected chi connectivity index (χ4v) is 7.22. The van der Waals surface area contributed by atoms with Crippen molar-refractivity contribution >= 4 is 41.6 Å². The van der Waals surface area contributed by atoms with Crippen LogP contribution in [0.25, 0.3) is 11.1 Å². The van der Waals surface area contributed by atoms with Crippen LogP contribution < -0.4 is 32.7 Å². The molecule has 3 rings (SSSR count). The van der Waals surface area contributed by atoms with Crippen LogP contribution in [0.2, 0.25) is 0 Å². The van der Waals surface area contributed by atoms with E-state index >= 15 is 4.39 Å². The summed E-state index contributed by atoms with van der Waals surface area (Å²) in [5.74, 6) is -5.98. The Labute approximate surface area is 396 Å². The lowest BCUT2D eigenvalue weighted by molar-refractivity contribution is -0.155. The van der Waals surface area contributed by atoms with Crippen molar-refractivity contribution in [2.24, 2.45) is 16.9 Å². The van der Waals surface area contributed by atoms with E-state index in [9.17, 15) is 43.1 Å². The van der Waals surface area contributed by atoms with E-state index in [1.165, 1.54) is 4.90 Å². The average Bonchev–Trinajstić information content (AvgIpc) is 3.62. The van der Waals surface area contributed by atoms with Crippen LogP contribution in [-0.2, 0) is 44.8 Å². The predicted octanol–water partition coefficient (Wildman–Crippen LogP) is 3.71. The van der Waals surface area contributed by atoms with Gasteiger partial charge in [0.25, 0.3) is 0 Å². The molecule has 6 amide bonds. The Kier molecular flexibility index (Phi) is 20.2. The first kappa shape index (κ1) is 55.9. The molecule has 0 saturated carbocycles. The molecule has 0 aliphatic rings. The summed E-state index contributed by atoms with van der Waals surface area (Å²) in [6.45, 7) is 14.1. The maximum atomic E-state index is 15.3. The molecule has 68 heavy (non-hydrogen) atoms. The van der Waals surface area contributed by atoms with Crippen LogP contribution in [0.15, 0.2) is 60.8 Å². The molecule has 4 atom stereocenters. The summed E-state index contributed by atoms with van der Waals surface area (Å²) >= 11 is 0. The van der Waals surface area contributed by atoms with Gasteiger partial charge in [-0.25, -0.2) is 13.6 Å². The number of esters is 1. The standard InChI is InChI=1S/C48H68F2N8O10/c1-46(2,3)41(37-23-30(32-24-31(49)15-16-33(32)50)27-57(37)26-29-13-11-10-12-14-29)58(39(61)28-59)22-19-36(55-42(63)34(51)25-38(52)60)44(65)54-21-20-53-43(64)35(56-45(66)68-48(7,8)9)17-18-40(62)67-47(4,5)6/h10-16,23-24,27,34-36,41,59H,17-22,25-26,28,51H2,1-9H3,(H2,52,60)(H,53,64)(H,54,65)(H,55,63)(H,56,66)/t34-,35+,36-,41-/m0/s1. The molecular weight excluding hydrogens is 887 g/mol. The molecule has 0 aliphatic carbocycles. The maximum absolute atomic E-state index is 15.3. The van der Waals surface area contributed by atoms with Crippen LogP contribution in [-0.4, -0.2) is 112 Å². The first-order valence-electron chi connectivity index (χ1n) is 22.3. The van der Waals surface area contributed by atoms with Crippen molar-refractivity contribution < 1.29 is 56.9 Å². The highest BCUT2D eigenvalue weighted by molar-refractivity contribution is 5.92. The third kappa shape index (κ3) is 18.3. The first-order chi connectivity index (χ1) is 31.6. The number of rotatable bonds is 22. The minimum atomic E-state index is -1.45. The monoisotopic (exact) mass is 955 g/mol. The highest BCUT2D eigenvalue weighted by Gasteiger charge is 2.38. The number of aromatic nitrogens is 1. The SMILES string of the molecule is CC(C)(C)OC(=O)CC[C@@H](NC(=O)OC(C)(C)C)C(=O)NCCNC(=O)[C@H](CCN(C(=O)CO)[C@@H](c1cc(-c2cc(F)ccc2F)cn1Cc1ccccc1)C(C)(C)C)NC(=O)[C@@H](N)CC(N)=O. The molecule has 0 unspecified atom stereocenters. The summed E-state index contributed by atoms with van der Waals surface area (Å²) in [5.41, 5.74) is 10.3. The normalized spacial score (nSPS) is 13.5. The third-order valence-corrected chi connectivity index (χ3v) is 10.1. The van der Waals surface area contributed by atoms with Crippen molar-refractivity contribution in [1.29, 1.82) is 0 Å². The lowest BCUT2D eigenvalue weighted by Gasteiger charge is -2.41. The van der Waals surface area contributed by atoms with Gasteiger partial charge in [0.05, 0.1) is 18.5 Å². The first-order valence-corrected chi connectivity index (χ1v) is 22.3. The molecule has 9 N–H and O–H groups in total. The number of alkyl carbamates (subject to hydrolysis) is 1. The largest absolute Gasteiger partial charge is 0.460 e. The van der Waals surface area contributed by atoms with Gasteiger partial charge >= 0.3 is 12.1 Å². The van der Waals surface area contributed by atoms with Gasteiger partial charge in [-0.2, -0.15) is 0 Å².